The second-order valence-corrected chi connectivity index (χ2v) is 10.8. The maximum absolute atomic E-state index is 13.4. The highest BCUT2D eigenvalue weighted by molar-refractivity contribution is 6.15. The second kappa shape index (κ2) is 8.41. The molecule has 0 saturated heterocycles. The molecule has 0 N–H and O–H groups in total. The van der Waals surface area contributed by atoms with E-state index in [4.69, 9.17) is 0 Å². The van der Waals surface area contributed by atoms with Crippen LogP contribution in [0.15, 0.2) is 83.4 Å². The summed E-state index contributed by atoms with van der Waals surface area (Å²) >= 11 is 0. The monoisotopic (exact) mass is 477 g/mol. The van der Waals surface area contributed by atoms with Crippen LogP contribution in [0.1, 0.15) is 38.8 Å². The summed E-state index contributed by atoms with van der Waals surface area (Å²) in [7, 11) is 0. The quantitative estimate of drug-likeness (QED) is 0.403. The van der Waals surface area contributed by atoms with Crippen LogP contribution in [-0.2, 0) is 10.8 Å². The Morgan fingerprint density at radius 1 is 0.889 bits per heavy atom. The van der Waals surface area contributed by atoms with Crippen LogP contribution in [0.5, 0.6) is 0 Å². The lowest BCUT2D eigenvalue weighted by atomic mass is 9.79. The molecule has 4 heteroatoms. The van der Waals surface area contributed by atoms with Gasteiger partial charge in [0.1, 0.15) is 0 Å². The minimum absolute atomic E-state index is 0.116. The largest absolute Gasteiger partial charge is 0.360 e. The summed E-state index contributed by atoms with van der Waals surface area (Å²) in [6, 6.07) is 16.4. The fraction of sp³-hybridized carbons (Fsp3) is 0.281. The maximum atomic E-state index is 13.4. The van der Waals surface area contributed by atoms with Gasteiger partial charge in [0.2, 0.25) is 16.5 Å². The Kier molecular flexibility index (Phi) is 5.59. The molecule has 0 aromatic heterocycles. The number of hydrogen-bond donors (Lipinski definition) is 0. The lowest BCUT2D eigenvalue weighted by molar-refractivity contribution is -0.424. The van der Waals surface area contributed by atoms with Crippen molar-refractivity contribution in [3.05, 3.63) is 116 Å². The molecule has 5 rings (SSSR count). The van der Waals surface area contributed by atoms with Crippen LogP contribution < -0.4 is 26.2 Å². The molecule has 2 heterocycles. The Balaban J connectivity index is 1.65. The van der Waals surface area contributed by atoms with Crippen molar-refractivity contribution >= 4 is 29.2 Å². The summed E-state index contributed by atoms with van der Waals surface area (Å²) in [5.74, 6) is 0. The minimum atomic E-state index is -0.331. The zero-order valence-electron chi connectivity index (χ0n) is 21.5. The number of benzene rings is 2. The third-order valence-electron chi connectivity index (χ3n) is 8.00. The summed E-state index contributed by atoms with van der Waals surface area (Å²) in [6.07, 6.45) is 7.40. The zero-order chi connectivity index (χ0) is 25.8. The molecule has 0 saturated carbocycles. The van der Waals surface area contributed by atoms with E-state index >= 15 is 0 Å². The Morgan fingerprint density at radius 3 is 2.19 bits per heavy atom. The number of rotatable bonds is 6. The van der Waals surface area contributed by atoms with Gasteiger partial charge in [-0.25, -0.2) is 0 Å². The van der Waals surface area contributed by atoms with Crippen molar-refractivity contribution in [1.82, 2.24) is 0 Å². The third-order valence-corrected chi connectivity index (χ3v) is 8.00. The van der Waals surface area contributed by atoms with E-state index in [9.17, 15) is 9.59 Å². The van der Waals surface area contributed by atoms with Crippen molar-refractivity contribution in [2.24, 2.45) is 0 Å². The standard InChI is InChI=1S/C32H33N2O2/c1-7-17-33-25-15-11-9-13-23(25)31(3,4)27(33)19-21-29(35)22(30(21)36)20-28-32(5,6)24-14-10-12-16-26(24)34(28)18-8-2/h7-16,19-20,27H,1-2,17-18H2,3-6H3/q+1. The van der Waals surface area contributed by atoms with Gasteiger partial charge in [0.25, 0.3) is 0 Å². The molecule has 0 amide bonds. The number of hydrogen-bond acceptors (Lipinski definition) is 3. The highest BCUT2D eigenvalue weighted by Gasteiger charge is 2.45. The molecule has 4 nitrogen and oxygen atoms in total. The lowest BCUT2D eigenvalue weighted by Crippen LogP contribution is -2.66. The van der Waals surface area contributed by atoms with Gasteiger partial charge < -0.3 is 4.90 Å². The number of fused-ring (bicyclic) bond motifs is 2. The van der Waals surface area contributed by atoms with E-state index in [1.807, 2.05) is 48.6 Å². The van der Waals surface area contributed by atoms with Gasteiger partial charge in [-0.1, -0.05) is 62.9 Å². The second-order valence-electron chi connectivity index (χ2n) is 10.8. The molecule has 2 aliphatic rings. The summed E-state index contributed by atoms with van der Waals surface area (Å²) in [5.41, 5.74) is 4.62. The van der Waals surface area contributed by atoms with Crippen LogP contribution in [0.4, 0.5) is 11.4 Å². The van der Waals surface area contributed by atoms with Crippen molar-refractivity contribution in [3.63, 3.8) is 0 Å². The van der Waals surface area contributed by atoms with Gasteiger partial charge in [0.05, 0.1) is 21.9 Å². The van der Waals surface area contributed by atoms with Gasteiger partial charge in [-0.2, -0.15) is 4.58 Å². The molecular formula is C32H33N2O2+. The SMILES string of the molecule is C=CCN1c2ccccc2C(C)(C)C1C=c1c(=O)c(=CC2=[N+](CC=C)c3ccccc3C2(C)C)c1=O. The van der Waals surface area contributed by atoms with Gasteiger partial charge in [-0.05, 0) is 37.6 Å². The Bertz CT molecular complexity index is 1600. The average molecular weight is 478 g/mol. The third kappa shape index (κ3) is 3.31. The molecule has 0 fully saturated rings. The van der Waals surface area contributed by atoms with Gasteiger partial charge in [0.15, 0.2) is 12.3 Å². The van der Waals surface area contributed by atoms with Crippen LogP contribution in [0, 0.1) is 0 Å². The fourth-order valence-electron chi connectivity index (χ4n) is 6.05. The predicted molar refractivity (Wildman–Crippen MR) is 150 cm³/mol. The first-order chi connectivity index (χ1) is 17.1. The first-order valence-corrected chi connectivity index (χ1v) is 12.5. The topological polar surface area (TPSA) is 40.4 Å². The van der Waals surface area contributed by atoms with Gasteiger partial charge >= 0.3 is 0 Å². The first kappa shape index (κ1) is 23.9. The molecule has 0 aliphatic carbocycles. The van der Waals surface area contributed by atoms with E-state index < -0.39 is 0 Å². The van der Waals surface area contributed by atoms with E-state index in [2.05, 4.69) is 74.6 Å². The van der Waals surface area contributed by atoms with E-state index in [-0.39, 0.29) is 38.2 Å². The van der Waals surface area contributed by atoms with Crippen molar-refractivity contribution < 1.29 is 4.58 Å². The Labute approximate surface area is 212 Å². The first-order valence-electron chi connectivity index (χ1n) is 12.5. The van der Waals surface area contributed by atoms with Crippen molar-refractivity contribution in [1.29, 1.82) is 0 Å². The van der Waals surface area contributed by atoms with Crippen LogP contribution >= 0.6 is 0 Å². The Hall–Kier alpha value is -3.79. The van der Waals surface area contributed by atoms with Crippen molar-refractivity contribution in [2.45, 2.75) is 44.6 Å². The van der Waals surface area contributed by atoms with Crippen LogP contribution in [0.25, 0.3) is 12.2 Å². The summed E-state index contributed by atoms with van der Waals surface area (Å²) in [5, 5.41) is 0.542. The molecule has 3 aromatic carbocycles. The van der Waals surface area contributed by atoms with E-state index in [1.165, 1.54) is 11.1 Å². The van der Waals surface area contributed by atoms with Crippen LogP contribution in [-0.4, -0.2) is 29.4 Å². The van der Waals surface area contributed by atoms with Gasteiger partial charge in [-0.15, -0.1) is 6.58 Å². The maximum Gasteiger partial charge on any atom is 0.210 e. The fourth-order valence-corrected chi connectivity index (χ4v) is 6.05. The van der Waals surface area contributed by atoms with Crippen molar-refractivity contribution in [3.8, 4) is 0 Å². The number of nitrogens with zero attached hydrogens (tertiary/aromatic N) is 2. The normalized spacial score (nSPS) is 19.2. The van der Waals surface area contributed by atoms with Gasteiger partial charge in [-0.3, -0.25) is 9.59 Å². The molecule has 36 heavy (non-hydrogen) atoms. The molecule has 1 unspecified atom stereocenters. The molecule has 2 aliphatic heterocycles. The summed E-state index contributed by atoms with van der Waals surface area (Å²) < 4.78 is 2.15. The van der Waals surface area contributed by atoms with E-state index in [0.717, 1.165) is 17.1 Å². The molecule has 0 spiro atoms. The molecule has 0 bridgehead atoms. The number of para-hydroxylation sites is 2. The van der Waals surface area contributed by atoms with Gasteiger partial charge in [0, 0.05) is 35.4 Å². The average Bonchev–Trinajstić information content (AvgIpc) is 3.20. The van der Waals surface area contributed by atoms with E-state index in [1.54, 1.807) is 0 Å². The Morgan fingerprint density at radius 2 is 1.53 bits per heavy atom. The van der Waals surface area contributed by atoms with Crippen LogP contribution in [0.2, 0.25) is 0 Å². The minimum Gasteiger partial charge on any atom is -0.360 e. The van der Waals surface area contributed by atoms with Crippen LogP contribution in [0.3, 0.4) is 0 Å². The summed E-state index contributed by atoms with van der Waals surface area (Å²) in [6.45, 7) is 17.7. The van der Waals surface area contributed by atoms with E-state index in [0.29, 0.717) is 13.1 Å². The molecule has 1 atom stereocenters. The summed E-state index contributed by atoms with van der Waals surface area (Å²) in [4.78, 5) is 29.0. The highest BCUT2D eigenvalue weighted by Crippen LogP contribution is 2.45. The zero-order valence-corrected chi connectivity index (χ0v) is 21.5. The smallest absolute Gasteiger partial charge is 0.210 e. The highest BCUT2D eigenvalue weighted by atomic mass is 16.1. The number of anilines is 1. The molecule has 0 radical (unpaired) electrons. The molecular weight excluding hydrogens is 444 g/mol. The molecule has 3 aromatic rings. The predicted octanol–water partition coefficient (Wildman–Crippen LogP) is 3.46. The lowest BCUT2D eigenvalue weighted by Gasteiger charge is -2.31. The molecule has 182 valence electrons. The van der Waals surface area contributed by atoms with Crippen molar-refractivity contribution in [2.75, 3.05) is 18.0 Å².